The van der Waals surface area contributed by atoms with E-state index in [1.165, 1.54) is 0 Å². The fourth-order valence-corrected chi connectivity index (χ4v) is 2.29. The number of likely N-dealkylation sites (N-methyl/N-ethyl adjacent to an activating group) is 1. The number of hydrogen-bond donors (Lipinski definition) is 1. The Morgan fingerprint density at radius 1 is 1.26 bits per heavy atom. The summed E-state index contributed by atoms with van der Waals surface area (Å²) in [5.74, 6) is 0.390. The van der Waals surface area contributed by atoms with Crippen LogP contribution in [0.5, 0.6) is 0 Å². The smallest absolute Gasteiger partial charge is 0.226 e. The highest BCUT2D eigenvalue weighted by molar-refractivity contribution is 5.78. The minimum atomic E-state index is 0.0910. The van der Waals surface area contributed by atoms with Crippen LogP contribution in [0, 0.1) is 5.92 Å². The molecule has 1 atom stereocenters. The number of nitrogens with one attached hydrogen (secondary N) is 1. The molecule has 0 bridgehead atoms. The lowest BCUT2D eigenvalue weighted by molar-refractivity contribution is -0.136. The molecule has 5 nitrogen and oxygen atoms in total. The zero-order valence-electron chi connectivity index (χ0n) is 13.0. The Kier molecular flexibility index (Phi) is 7.34. The maximum atomic E-state index is 12.2. The summed E-state index contributed by atoms with van der Waals surface area (Å²) in [6.45, 7) is 11.8. The molecule has 5 heteroatoms. The zero-order chi connectivity index (χ0) is 14.3. The van der Waals surface area contributed by atoms with Crippen molar-refractivity contribution in [2.45, 2.75) is 13.8 Å². The maximum Gasteiger partial charge on any atom is 0.226 e. The number of rotatable bonds is 7. The summed E-state index contributed by atoms with van der Waals surface area (Å²) in [5, 5.41) is 3.25. The van der Waals surface area contributed by atoms with Crippen molar-refractivity contribution in [1.82, 2.24) is 20.0 Å². The summed E-state index contributed by atoms with van der Waals surface area (Å²) in [6.07, 6.45) is 0. The molecule has 0 radical (unpaired) electrons. The number of amides is 1. The van der Waals surface area contributed by atoms with Gasteiger partial charge in [0.2, 0.25) is 5.91 Å². The SMILES string of the molecule is CCNCC(C)C(=O)N1CCN(CCN(C)C)CC1. The molecule has 1 aliphatic rings. The van der Waals surface area contributed by atoms with Gasteiger partial charge in [-0.05, 0) is 20.6 Å². The quantitative estimate of drug-likeness (QED) is 0.703. The molecule has 0 aromatic heterocycles. The van der Waals surface area contributed by atoms with Crippen LogP contribution >= 0.6 is 0 Å². The molecule has 0 aromatic rings. The van der Waals surface area contributed by atoms with E-state index in [1.54, 1.807) is 0 Å². The Balaban J connectivity index is 2.26. The van der Waals surface area contributed by atoms with Crippen LogP contribution < -0.4 is 5.32 Å². The van der Waals surface area contributed by atoms with Crippen LogP contribution in [0.1, 0.15) is 13.8 Å². The van der Waals surface area contributed by atoms with Gasteiger partial charge in [-0.2, -0.15) is 0 Å². The molecule has 0 saturated carbocycles. The molecular weight excluding hydrogens is 240 g/mol. The van der Waals surface area contributed by atoms with Crippen LogP contribution in [-0.2, 0) is 4.79 Å². The van der Waals surface area contributed by atoms with Gasteiger partial charge < -0.3 is 15.1 Å². The van der Waals surface area contributed by atoms with Crippen LogP contribution in [0.2, 0.25) is 0 Å². The first kappa shape index (κ1) is 16.4. The molecule has 1 N–H and O–H groups in total. The lowest BCUT2D eigenvalue weighted by atomic mass is 10.1. The van der Waals surface area contributed by atoms with Crippen LogP contribution in [0.25, 0.3) is 0 Å². The van der Waals surface area contributed by atoms with Crippen molar-refractivity contribution in [2.75, 3.05) is 66.5 Å². The molecule has 0 spiro atoms. The molecule has 1 amide bonds. The Labute approximate surface area is 117 Å². The second-order valence-corrected chi connectivity index (χ2v) is 5.68. The molecular formula is C14H30N4O. The number of piperazine rings is 1. The Bertz CT molecular complexity index is 262. The van der Waals surface area contributed by atoms with E-state index in [-0.39, 0.29) is 5.92 Å². The van der Waals surface area contributed by atoms with E-state index in [1.807, 2.05) is 11.8 Å². The first-order chi connectivity index (χ1) is 9.04. The molecule has 1 rings (SSSR count). The number of carbonyl (C=O) groups excluding carboxylic acids is 1. The molecule has 1 saturated heterocycles. The van der Waals surface area contributed by atoms with Crippen molar-refractivity contribution < 1.29 is 4.79 Å². The van der Waals surface area contributed by atoms with Crippen molar-refractivity contribution in [2.24, 2.45) is 5.92 Å². The van der Waals surface area contributed by atoms with Gasteiger partial charge in [0.15, 0.2) is 0 Å². The summed E-state index contributed by atoms with van der Waals surface area (Å²) in [5.41, 5.74) is 0. The summed E-state index contributed by atoms with van der Waals surface area (Å²) >= 11 is 0. The van der Waals surface area contributed by atoms with E-state index in [0.717, 1.165) is 52.4 Å². The zero-order valence-corrected chi connectivity index (χ0v) is 13.0. The van der Waals surface area contributed by atoms with Gasteiger partial charge in [-0.25, -0.2) is 0 Å². The second kappa shape index (κ2) is 8.51. The van der Waals surface area contributed by atoms with E-state index in [9.17, 15) is 4.79 Å². The highest BCUT2D eigenvalue weighted by Crippen LogP contribution is 2.07. The van der Waals surface area contributed by atoms with Gasteiger partial charge in [-0.15, -0.1) is 0 Å². The average Bonchev–Trinajstić information content (AvgIpc) is 2.42. The van der Waals surface area contributed by atoms with Crippen LogP contribution in [-0.4, -0.2) is 87.1 Å². The minimum absolute atomic E-state index is 0.0910. The van der Waals surface area contributed by atoms with E-state index in [2.05, 4.69) is 36.1 Å². The van der Waals surface area contributed by atoms with Crippen molar-refractivity contribution in [3.05, 3.63) is 0 Å². The Morgan fingerprint density at radius 3 is 2.42 bits per heavy atom. The van der Waals surface area contributed by atoms with E-state index in [0.29, 0.717) is 5.91 Å². The van der Waals surface area contributed by atoms with Crippen molar-refractivity contribution >= 4 is 5.91 Å². The molecule has 1 aliphatic heterocycles. The highest BCUT2D eigenvalue weighted by atomic mass is 16.2. The predicted molar refractivity (Wildman–Crippen MR) is 79.3 cm³/mol. The first-order valence-electron chi connectivity index (χ1n) is 7.41. The predicted octanol–water partition coefficient (Wildman–Crippen LogP) is -0.0622. The van der Waals surface area contributed by atoms with Crippen molar-refractivity contribution in [1.29, 1.82) is 0 Å². The Hall–Kier alpha value is -0.650. The van der Waals surface area contributed by atoms with Crippen LogP contribution in [0.3, 0.4) is 0 Å². The lowest BCUT2D eigenvalue weighted by Gasteiger charge is -2.36. The van der Waals surface area contributed by atoms with Crippen molar-refractivity contribution in [3.8, 4) is 0 Å². The molecule has 0 aromatic carbocycles. The van der Waals surface area contributed by atoms with Gasteiger partial charge in [0.25, 0.3) is 0 Å². The summed E-state index contributed by atoms with van der Waals surface area (Å²) < 4.78 is 0. The second-order valence-electron chi connectivity index (χ2n) is 5.68. The lowest BCUT2D eigenvalue weighted by Crippen LogP contribution is -2.51. The average molecular weight is 270 g/mol. The highest BCUT2D eigenvalue weighted by Gasteiger charge is 2.24. The fourth-order valence-electron chi connectivity index (χ4n) is 2.29. The number of nitrogens with zero attached hydrogens (tertiary/aromatic N) is 3. The van der Waals surface area contributed by atoms with Crippen molar-refractivity contribution in [3.63, 3.8) is 0 Å². The molecule has 1 heterocycles. The third-order valence-corrected chi connectivity index (χ3v) is 3.67. The summed E-state index contributed by atoms with van der Waals surface area (Å²) in [7, 11) is 4.20. The third-order valence-electron chi connectivity index (χ3n) is 3.67. The van der Waals surface area contributed by atoms with Crippen LogP contribution in [0.15, 0.2) is 0 Å². The minimum Gasteiger partial charge on any atom is -0.340 e. The summed E-state index contributed by atoms with van der Waals surface area (Å²) in [4.78, 5) is 18.9. The molecule has 1 fully saturated rings. The monoisotopic (exact) mass is 270 g/mol. The molecule has 0 aliphatic carbocycles. The van der Waals surface area contributed by atoms with E-state index in [4.69, 9.17) is 0 Å². The standard InChI is InChI=1S/C14H30N4O/c1-5-15-12-13(2)14(19)18-10-8-17(9-11-18)7-6-16(3)4/h13,15H,5-12H2,1-4H3. The number of hydrogen-bond acceptors (Lipinski definition) is 4. The molecule has 112 valence electrons. The molecule has 19 heavy (non-hydrogen) atoms. The van der Waals surface area contributed by atoms with Gasteiger partial charge in [0.05, 0.1) is 0 Å². The van der Waals surface area contributed by atoms with Gasteiger partial charge in [0.1, 0.15) is 0 Å². The largest absolute Gasteiger partial charge is 0.340 e. The van der Waals surface area contributed by atoms with Gasteiger partial charge in [0, 0.05) is 51.7 Å². The van der Waals surface area contributed by atoms with E-state index >= 15 is 0 Å². The van der Waals surface area contributed by atoms with Crippen LogP contribution in [0.4, 0.5) is 0 Å². The van der Waals surface area contributed by atoms with Gasteiger partial charge in [-0.3, -0.25) is 9.69 Å². The van der Waals surface area contributed by atoms with Gasteiger partial charge >= 0.3 is 0 Å². The Morgan fingerprint density at radius 2 is 1.89 bits per heavy atom. The van der Waals surface area contributed by atoms with Gasteiger partial charge in [-0.1, -0.05) is 13.8 Å². The number of carbonyl (C=O) groups is 1. The topological polar surface area (TPSA) is 38.8 Å². The third kappa shape index (κ3) is 5.89. The van der Waals surface area contributed by atoms with E-state index < -0.39 is 0 Å². The normalized spacial score (nSPS) is 18.9. The summed E-state index contributed by atoms with van der Waals surface area (Å²) in [6, 6.07) is 0. The first-order valence-corrected chi connectivity index (χ1v) is 7.41. The molecule has 1 unspecified atom stereocenters. The maximum absolute atomic E-state index is 12.2. The fraction of sp³-hybridized carbons (Fsp3) is 0.929.